The van der Waals surface area contributed by atoms with E-state index in [1.165, 1.54) is 0 Å². The molecule has 0 aromatic heterocycles. The molecule has 1 unspecified atom stereocenters. The van der Waals surface area contributed by atoms with Gasteiger partial charge in [-0.1, -0.05) is 36.7 Å². The van der Waals surface area contributed by atoms with Crippen molar-refractivity contribution < 1.29 is 19.4 Å². The predicted molar refractivity (Wildman–Crippen MR) is 61.4 cm³/mol. The third-order valence-electron chi connectivity index (χ3n) is 1.74. The second-order valence-electron chi connectivity index (χ2n) is 4.26. The van der Waals surface area contributed by atoms with Crippen LogP contribution in [0.2, 0.25) is 0 Å². The summed E-state index contributed by atoms with van der Waals surface area (Å²) < 4.78 is 10.4. The molecule has 90 valence electrons. The van der Waals surface area contributed by atoms with E-state index in [1.54, 1.807) is 0 Å². The molecule has 0 aromatic carbocycles. The van der Waals surface area contributed by atoms with Crippen LogP contribution in [0.1, 0.15) is 20.8 Å². The van der Waals surface area contributed by atoms with Crippen LogP contribution < -0.4 is 0 Å². The van der Waals surface area contributed by atoms with Crippen LogP contribution in [-0.4, -0.2) is 42.3 Å². The van der Waals surface area contributed by atoms with E-state index in [2.05, 4.69) is 15.9 Å². The number of ether oxygens (including phenoxy) is 2. The zero-order valence-electron chi connectivity index (χ0n) is 9.46. The van der Waals surface area contributed by atoms with Gasteiger partial charge in [-0.2, -0.15) is 0 Å². The Kier molecular flexibility index (Phi) is 7.13. The van der Waals surface area contributed by atoms with Crippen molar-refractivity contribution >= 4 is 21.9 Å². The molecule has 0 fully saturated rings. The summed E-state index contributed by atoms with van der Waals surface area (Å²) in [6.07, 6.45) is -0.787. The van der Waals surface area contributed by atoms with Gasteiger partial charge in [0.25, 0.3) is 0 Å². The molecule has 0 saturated heterocycles. The first-order valence-corrected chi connectivity index (χ1v) is 6.00. The Balaban J connectivity index is 3.84. The Bertz CT molecular complexity index is 188. The smallest absolute Gasteiger partial charge is 0.333 e. The maximum atomic E-state index is 10.9. The van der Waals surface area contributed by atoms with E-state index in [0.29, 0.717) is 19.8 Å². The zero-order chi connectivity index (χ0) is 11.9. The van der Waals surface area contributed by atoms with E-state index in [1.807, 2.05) is 20.8 Å². The normalized spacial score (nSPS) is 13.9. The summed E-state index contributed by atoms with van der Waals surface area (Å²) in [5.41, 5.74) is -0.402. The average Bonchev–Trinajstić information content (AvgIpc) is 2.08. The summed E-state index contributed by atoms with van der Waals surface area (Å²) in [4.78, 5) is 10.9. The molecule has 0 heterocycles. The molecule has 0 aromatic rings. The fourth-order valence-corrected chi connectivity index (χ4v) is 1.30. The number of aliphatic carboxylic acids is 1. The van der Waals surface area contributed by atoms with Crippen LogP contribution in [-0.2, 0) is 14.3 Å². The Morgan fingerprint density at radius 3 is 2.33 bits per heavy atom. The van der Waals surface area contributed by atoms with Crippen molar-refractivity contribution in [2.45, 2.75) is 26.9 Å². The molecule has 0 radical (unpaired) electrons. The number of carbonyl (C=O) groups is 1. The number of halogens is 1. The van der Waals surface area contributed by atoms with Gasteiger partial charge in [-0.15, -0.1) is 0 Å². The third-order valence-corrected chi connectivity index (χ3v) is 2.07. The number of rotatable bonds is 7. The fraction of sp³-hybridized carbons (Fsp3) is 0.900. The summed E-state index contributed by atoms with van der Waals surface area (Å²) in [6.45, 7) is 6.85. The van der Waals surface area contributed by atoms with Crippen LogP contribution >= 0.6 is 15.9 Å². The van der Waals surface area contributed by atoms with Crippen molar-refractivity contribution in [1.82, 2.24) is 0 Å². The summed E-state index contributed by atoms with van der Waals surface area (Å²) >= 11 is 3.23. The van der Waals surface area contributed by atoms with E-state index in [9.17, 15) is 4.79 Å². The SMILES string of the molecule is CC(C)(C)C(OCCOCCBr)C(=O)O. The standard InChI is InChI=1S/C10H19BrO4/c1-10(2,3)8(9(12)13)15-7-6-14-5-4-11/h8H,4-7H2,1-3H3,(H,12,13). The Morgan fingerprint density at radius 2 is 1.93 bits per heavy atom. The number of hydrogen-bond acceptors (Lipinski definition) is 3. The van der Waals surface area contributed by atoms with Gasteiger partial charge in [0.2, 0.25) is 0 Å². The minimum absolute atomic E-state index is 0.307. The summed E-state index contributed by atoms with van der Waals surface area (Å²) in [6, 6.07) is 0. The lowest BCUT2D eigenvalue weighted by molar-refractivity contribution is -0.159. The largest absolute Gasteiger partial charge is 0.479 e. The van der Waals surface area contributed by atoms with Crippen molar-refractivity contribution in [3.8, 4) is 0 Å². The zero-order valence-corrected chi connectivity index (χ0v) is 11.0. The third kappa shape index (κ3) is 6.87. The van der Waals surface area contributed by atoms with Gasteiger partial charge in [0, 0.05) is 5.33 Å². The Labute approximate surface area is 99.1 Å². The lowest BCUT2D eigenvalue weighted by atomic mass is 9.89. The first kappa shape index (κ1) is 14.9. The highest BCUT2D eigenvalue weighted by atomic mass is 79.9. The molecule has 5 heteroatoms. The number of carboxylic acid groups (broad SMARTS) is 1. The van der Waals surface area contributed by atoms with E-state index in [-0.39, 0.29) is 0 Å². The molecule has 0 aliphatic carbocycles. The van der Waals surface area contributed by atoms with Crippen molar-refractivity contribution in [3.63, 3.8) is 0 Å². The topological polar surface area (TPSA) is 55.8 Å². The maximum absolute atomic E-state index is 10.9. The van der Waals surface area contributed by atoms with Crippen LogP contribution in [0.25, 0.3) is 0 Å². The molecule has 15 heavy (non-hydrogen) atoms. The van der Waals surface area contributed by atoms with Gasteiger partial charge < -0.3 is 14.6 Å². The van der Waals surface area contributed by atoms with Gasteiger partial charge in [0.05, 0.1) is 19.8 Å². The molecular weight excluding hydrogens is 264 g/mol. The maximum Gasteiger partial charge on any atom is 0.333 e. The number of alkyl halides is 1. The van der Waals surface area contributed by atoms with E-state index >= 15 is 0 Å². The Morgan fingerprint density at radius 1 is 1.33 bits per heavy atom. The van der Waals surface area contributed by atoms with Crippen molar-refractivity contribution in [2.75, 3.05) is 25.2 Å². The van der Waals surface area contributed by atoms with Gasteiger partial charge in [-0.05, 0) is 5.41 Å². The molecule has 0 spiro atoms. The first-order chi connectivity index (χ1) is 6.89. The van der Waals surface area contributed by atoms with Crippen LogP contribution in [0.15, 0.2) is 0 Å². The van der Waals surface area contributed by atoms with Crippen molar-refractivity contribution in [1.29, 1.82) is 0 Å². The highest BCUT2D eigenvalue weighted by Gasteiger charge is 2.31. The van der Waals surface area contributed by atoms with Crippen molar-refractivity contribution in [2.24, 2.45) is 5.41 Å². The minimum atomic E-state index is -0.928. The van der Waals surface area contributed by atoms with Crippen molar-refractivity contribution in [3.05, 3.63) is 0 Å². The predicted octanol–water partition coefficient (Wildman–Crippen LogP) is 1.91. The molecule has 0 aliphatic heterocycles. The van der Waals surface area contributed by atoms with Gasteiger partial charge in [-0.25, -0.2) is 4.79 Å². The summed E-state index contributed by atoms with van der Waals surface area (Å²) in [5.74, 6) is -0.928. The second-order valence-corrected chi connectivity index (χ2v) is 5.05. The molecule has 0 rings (SSSR count). The second kappa shape index (κ2) is 7.19. The molecule has 0 bridgehead atoms. The molecule has 4 nitrogen and oxygen atoms in total. The summed E-state index contributed by atoms with van der Waals surface area (Å²) in [7, 11) is 0. The van der Waals surface area contributed by atoms with Crippen LogP contribution in [0, 0.1) is 5.41 Å². The first-order valence-electron chi connectivity index (χ1n) is 4.87. The monoisotopic (exact) mass is 282 g/mol. The molecule has 1 N–H and O–H groups in total. The number of hydrogen-bond donors (Lipinski definition) is 1. The molecule has 0 saturated carbocycles. The minimum Gasteiger partial charge on any atom is -0.479 e. The molecule has 1 atom stereocenters. The average molecular weight is 283 g/mol. The fourth-order valence-electron chi connectivity index (χ4n) is 1.07. The molecule has 0 aliphatic rings. The quantitative estimate of drug-likeness (QED) is 0.573. The van der Waals surface area contributed by atoms with Gasteiger partial charge in [0.1, 0.15) is 0 Å². The van der Waals surface area contributed by atoms with Gasteiger partial charge >= 0.3 is 5.97 Å². The lowest BCUT2D eigenvalue weighted by Gasteiger charge is -2.26. The highest BCUT2D eigenvalue weighted by molar-refractivity contribution is 9.09. The Hall–Kier alpha value is -0.130. The highest BCUT2D eigenvalue weighted by Crippen LogP contribution is 2.22. The summed E-state index contributed by atoms with van der Waals surface area (Å²) in [5, 5.41) is 9.71. The number of carboxylic acids is 1. The van der Waals surface area contributed by atoms with E-state index in [0.717, 1.165) is 5.33 Å². The van der Waals surface area contributed by atoms with Gasteiger partial charge in [0.15, 0.2) is 6.10 Å². The lowest BCUT2D eigenvalue weighted by Crippen LogP contribution is -2.37. The van der Waals surface area contributed by atoms with Crippen LogP contribution in [0.3, 0.4) is 0 Å². The van der Waals surface area contributed by atoms with Gasteiger partial charge in [-0.3, -0.25) is 0 Å². The van der Waals surface area contributed by atoms with E-state index in [4.69, 9.17) is 14.6 Å². The van der Waals surface area contributed by atoms with E-state index < -0.39 is 17.5 Å². The molecule has 0 amide bonds. The van der Waals surface area contributed by atoms with Crippen LogP contribution in [0.5, 0.6) is 0 Å². The molecular formula is C10H19BrO4. The van der Waals surface area contributed by atoms with Crippen LogP contribution in [0.4, 0.5) is 0 Å².